The van der Waals surface area contributed by atoms with Gasteiger partial charge in [0.2, 0.25) is 0 Å². The van der Waals surface area contributed by atoms with Crippen LogP contribution in [0.25, 0.3) is 0 Å². The van der Waals surface area contributed by atoms with Gasteiger partial charge in [0.15, 0.2) is 0 Å². The van der Waals surface area contributed by atoms with Gasteiger partial charge in [0.25, 0.3) is 0 Å². The van der Waals surface area contributed by atoms with Crippen molar-refractivity contribution in [3.8, 4) is 0 Å². The van der Waals surface area contributed by atoms with E-state index < -0.39 is 0 Å². The fourth-order valence-electron chi connectivity index (χ4n) is 2.05. The Morgan fingerprint density at radius 1 is 1.39 bits per heavy atom. The molecular weight excluding hydrogens is 224 g/mol. The number of rotatable bonds is 6. The monoisotopic (exact) mass is 246 g/mol. The Hall–Kier alpha value is -1.57. The van der Waals surface area contributed by atoms with E-state index in [1.54, 1.807) is 0 Å². The third-order valence-corrected chi connectivity index (χ3v) is 3.17. The average Bonchev–Trinajstić information content (AvgIpc) is 2.38. The van der Waals surface area contributed by atoms with Crippen LogP contribution >= 0.6 is 0 Å². The number of carbonyl (C=O) groups excluding carboxylic acids is 1. The molecule has 0 fully saturated rings. The van der Waals surface area contributed by atoms with Crippen LogP contribution in [0, 0.1) is 6.92 Å². The van der Waals surface area contributed by atoms with Crippen LogP contribution in [-0.2, 0) is 22.4 Å². The Kier molecular flexibility index (Phi) is 5.63. The van der Waals surface area contributed by atoms with Gasteiger partial charge in [-0.3, -0.25) is 0 Å². The van der Waals surface area contributed by atoms with Crippen molar-refractivity contribution in [2.75, 3.05) is 7.11 Å². The zero-order valence-electron chi connectivity index (χ0n) is 11.6. The maximum Gasteiger partial charge on any atom is 0.333 e. The van der Waals surface area contributed by atoms with Crippen molar-refractivity contribution in [3.05, 3.63) is 47.0 Å². The van der Waals surface area contributed by atoms with E-state index in [0.29, 0.717) is 12.0 Å². The van der Waals surface area contributed by atoms with E-state index >= 15 is 0 Å². The molecule has 0 radical (unpaired) electrons. The van der Waals surface area contributed by atoms with E-state index in [1.165, 1.54) is 36.6 Å². The van der Waals surface area contributed by atoms with Crippen molar-refractivity contribution in [2.24, 2.45) is 0 Å². The van der Waals surface area contributed by atoms with Crippen molar-refractivity contribution in [1.29, 1.82) is 0 Å². The standard InChI is InChI=1S/C16H22O2/c1-5-6-9-14-10-7-8-12(2)15(14)11-13(3)16(17)18-4/h7-8,10H,3,5-6,9,11H2,1-2,4H3. The molecule has 0 amide bonds. The molecule has 0 unspecified atom stereocenters. The molecule has 0 aromatic heterocycles. The molecule has 98 valence electrons. The second-order valence-electron chi connectivity index (χ2n) is 4.59. The highest BCUT2D eigenvalue weighted by molar-refractivity contribution is 5.88. The quantitative estimate of drug-likeness (QED) is 0.566. The second kappa shape index (κ2) is 7.00. The molecule has 1 aromatic rings. The van der Waals surface area contributed by atoms with Crippen LogP contribution in [0.3, 0.4) is 0 Å². The normalized spacial score (nSPS) is 10.2. The zero-order valence-corrected chi connectivity index (χ0v) is 11.6. The molecule has 0 heterocycles. The molecule has 0 aliphatic rings. The zero-order chi connectivity index (χ0) is 13.5. The molecule has 0 N–H and O–H groups in total. The Bertz CT molecular complexity index is 433. The summed E-state index contributed by atoms with van der Waals surface area (Å²) in [6.07, 6.45) is 3.98. The van der Waals surface area contributed by atoms with Crippen molar-refractivity contribution in [1.82, 2.24) is 0 Å². The Morgan fingerprint density at radius 2 is 2.11 bits per heavy atom. The van der Waals surface area contributed by atoms with E-state index in [4.69, 9.17) is 4.74 Å². The fourth-order valence-corrected chi connectivity index (χ4v) is 2.05. The first-order valence-corrected chi connectivity index (χ1v) is 6.43. The van der Waals surface area contributed by atoms with Gasteiger partial charge in [-0.25, -0.2) is 4.79 Å². The number of methoxy groups -OCH3 is 1. The first-order valence-electron chi connectivity index (χ1n) is 6.43. The first-order chi connectivity index (χ1) is 8.60. The number of esters is 1. The van der Waals surface area contributed by atoms with Gasteiger partial charge in [-0.05, 0) is 36.5 Å². The lowest BCUT2D eigenvalue weighted by atomic mass is 9.93. The maximum absolute atomic E-state index is 11.4. The molecule has 0 spiro atoms. The van der Waals surface area contributed by atoms with Gasteiger partial charge in [-0.2, -0.15) is 0 Å². The highest BCUT2D eigenvalue weighted by Crippen LogP contribution is 2.20. The van der Waals surface area contributed by atoms with Gasteiger partial charge in [0.1, 0.15) is 0 Å². The summed E-state index contributed by atoms with van der Waals surface area (Å²) in [5.41, 5.74) is 4.28. The molecule has 0 bridgehead atoms. The van der Waals surface area contributed by atoms with Gasteiger partial charge in [-0.1, -0.05) is 38.1 Å². The minimum Gasteiger partial charge on any atom is -0.466 e. The molecular formula is C16H22O2. The summed E-state index contributed by atoms with van der Waals surface area (Å²) in [4.78, 5) is 11.4. The number of unbranched alkanes of at least 4 members (excludes halogenated alkanes) is 1. The van der Waals surface area contributed by atoms with Gasteiger partial charge in [0, 0.05) is 12.0 Å². The predicted molar refractivity (Wildman–Crippen MR) is 74.7 cm³/mol. The van der Waals surface area contributed by atoms with Crippen LogP contribution in [-0.4, -0.2) is 13.1 Å². The lowest BCUT2D eigenvalue weighted by Crippen LogP contribution is -2.08. The minimum atomic E-state index is -0.320. The van der Waals surface area contributed by atoms with Crippen LogP contribution in [0.1, 0.15) is 36.5 Å². The molecule has 0 aliphatic heterocycles. The largest absolute Gasteiger partial charge is 0.466 e. The molecule has 1 rings (SSSR count). The maximum atomic E-state index is 11.4. The van der Waals surface area contributed by atoms with E-state index in [2.05, 4.69) is 38.6 Å². The molecule has 0 saturated heterocycles. The summed E-state index contributed by atoms with van der Waals surface area (Å²) < 4.78 is 4.71. The van der Waals surface area contributed by atoms with Gasteiger partial charge >= 0.3 is 5.97 Å². The first kappa shape index (κ1) is 14.5. The SMILES string of the molecule is C=C(Cc1c(C)cccc1CCCC)C(=O)OC. The van der Waals surface area contributed by atoms with Crippen LogP contribution in [0.5, 0.6) is 0 Å². The molecule has 0 atom stereocenters. The summed E-state index contributed by atoms with van der Waals surface area (Å²) in [5.74, 6) is -0.320. The minimum absolute atomic E-state index is 0.320. The third kappa shape index (κ3) is 3.73. The average molecular weight is 246 g/mol. The van der Waals surface area contributed by atoms with Crippen LogP contribution in [0.4, 0.5) is 0 Å². The van der Waals surface area contributed by atoms with Crippen molar-refractivity contribution in [2.45, 2.75) is 39.5 Å². The molecule has 2 nitrogen and oxygen atoms in total. The fraction of sp³-hybridized carbons (Fsp3) is 0.438. The Morgan fingerprint density at radius 3 is 2.72 bits per heavy atom. The number of hydrogen-bond donors (Lipinski definition) is 0. The highest BCUT2D eigenvalue weighted by Gasteiger charge is 2.12. The van der Waals surface area contributed by atoms with Gasteiger partial charge in [0.05, 0.1) is 7.11 Å². The summed E-state index contributed by atoms with van der Waals surface area (Å²) in [6, 6.07) is 6.29. The highest BCUT2D eigenvalue weighted by atomic mass is 16.5. The molecule has 2 heteroatoms. The van der Waals surface area contributed by atoms with Crippen LogP contribution in [0.2, 0.25) is 0 Å². The Balaban J connectivity index is 2.92. The summed E-state index contributed by atoms with van der Waals surface area (Å²) in [5, 5.41) is 0. The van der Waals surface area contributed by atoms with Gasteiger partial charge < -0.3 is 4.74 Å². The smallest absolute Gasteiger partial charge is 0.333 e. The number of aryl methyl sites for hydroxylation is 2. The van der Waals surface area contributed by atoms with E-state index in [0.717, 1.165) is 6.42 Å². The molecule has 18 heavy (non-hydrogen) atoms. The lowest BCUT2D eigenvalue weighted by molar-refractivity contribution is -0.136. The van der Waals surface area contributed by atoms with E-state index in [1.807, 2.05) is 0 Å². The van der Waals surface area contributed by atoms with E-state index in [9.17, 15) is 4.79 Å². The topological polar surface area (TPSA) is 26.3 Å². The number of ether oxygens (including phenoxy) is 1. The van der Waals surface area contributed by atoms with Crippen molar-refractivity contribution < 1.29 is 9.53 Å². The molecule has 0 aliphatic carbocycles. The lowest BCUT2D eigenvalue weighted by Gasteiger charge is -2.13. The Labute approximate surface area is 110 Å². The van der Waals surface area contributed by atoms with Crippen molar-refractivity contribution >= 4 is 5.97 Å². The summed E-state index contributed by atoms with van der Waals surface area (Å²) in [7, 11) is 1.39. The second-order valence-corrected chi connectivity index (χ2v) is 4.59. The third-order valence-electron chi connectivity index (χ3n) is 3.17. The van der Waals surface area contributed by atoms with Crippen LogP contribution in [0.15, 0.2) is 30.4 Å². The predicted octanol–water partition coefficient (Wildman–Crippen LogP) is 3.61. The summed E-state index contributed by atoms with van der Waals surface area (Å²) in [6.45, 7) is 8.07. The molecule has 1 aromatic carbocycles. The summed E-state index contributed by atoms with van der Waals surface area (Å²) >= 11 is 0. The van der Waals surface area contributed by atoms with Crippen molar-refractivity contribution in [3.63, 3.8) is 0 Å². The number of hydrogen-bond acceptors (Lipinski definition) is 2. The number of benzene rings is 1. The van der Waals surface area contributed by atoms with E-state index in [-0.39, 0.29) is 5.97 Å². The van der Waals surface area contributed by atoms with Gasteiger partial charge in [-0.15, -0.1) is 0 Å². The number of carbonyl (C=O) groups is 1. The molecule has 0 saturated carbocycles. The van der Waals surface area contributed by atoms with Crippen LogP contribution < -0.4 is 0 Å².